The number of hydrogen-bond donors (Lipinski definition) is 0. The van der Waals surface area contributed by atoms with E-state index in [-0.39, 0.29) is 11.7 Å². The van der Waals surface area contributed by atoms with Crippen molar-refractivity contribution in [2.45, 2.75) is 50.7 Å². The number of ether oxygens (including phenoxy) is 1. The van der Waals surface area contributed by atoms with E-state index in [0.717, 1.165) is 18.8 Å². The molecule has 1 aliphatic carbocycles. The molecule has 0 unspecified atom stereocenters. The van der Waals surface area contributed by atoms with Crippen molar-refractivity contribution in [2.24, 2.45) is 11.0 Å². The quantitative estimate of drug-likeness (QED) is 0.379. The fourth-order valence-corrected chi connectivity index (χ4v) is 2.83. The van der Waals surface area contributed by atoms with Crippen molar-refractivity contribution in [2.75, 3.05) is 6.54 Å². The van der Waals surface area contributed by atoms with Crippen LogP contribution in [-0.2, 0) is 4.74 Å². The SMILES string of the molecule is C[C@@H]1CC[C@]2(CC[C@H](CN=[N+]=[N-])O2)C1. The molecule has 0 bridgehead atoms. The molecule has 14 heavy (non-hydrogen) atoms. The summed E-state index contributed by atoms with van der Waals surface area (Å²) in [5, 5.41) is 3.58. The van der Waals surface area contributed by atoms with Gasteiger partial charge in [-0.2, -0.15) is 0 Å². The minimum atomic E-state index is 0.148. The Morgan fingerprint density at radius 1 is 1.50 bits per heavy atom. The van der Waals surface area contributed by atoms with Gasteiger partial charge in [-0.15, -0.1) is 0 Å². The summed E-state index contributed by atoms with van der Waals surface area (Å²) in [5.74, 6) is 0.799. The summed E-state index contributed by atoms with van der Waals surface area (Å²) >= 11 is 0. The zero-order chi connectivity index (χ0) is 10.0. The summed E-state index contributed by atoms with van der Waals surface area (Å²) in [7, 11) is 0. The molecule has 1 saturated carbocycles. The van der Waals surface area contributed by atoms with Crippen molar-refractivity contribution in [3.8, 4) is 0 Å². The van der Waals surface area contributed by atoms with Crippen LogP contribution >= 0.6 is 0 Å². The molecule has 78 valence electrons. The summed E-state index contributed by atoms with van der Waals surface area (Å²) in [5.41, 5.74) is 8.38. The zero-order valence-electron chi connectivity index (χ0n) is 8.65. The maximum absolute atomic E-state index is 8.23. The Labute approximate surface area is 84.3 Å². The minimum Gasteiger partial charge on any atom is -0.372 e. The van der Waals surface area contributed by atoms with Crippen LogP contribution in [0.1, 0.15) is 39.0 Å². The first-order valence-electron chi connectivity index (χ1n) is 5.43. The second-order valence-corrected chi connectivity index (χ2v) is 4.72. The van der Waals surface area contributed by atoms with Crippen LogP contribution in [0.15, 0.2) is 5.11 Å². The largest absolute Gasteiger partial charge is 0.372 e. The van der Waals surface area contributed by atoms with Crippen LogP contribution < -0.4 is 0 Å². The third-order valence-corrected chi connectivity index (χ3v) is 3.50. The summed E-state index contributed by atoms with van der Waals surface area (Å²) in [6.45, 7) is 2.80. The maximum atomic E-state index is 8.23. The lowest BCUT2D eigenvalue weighted by atomic mass is 9.97. The summed E-state index contributed by atoms with van der Waals surface area (Å²) in [6, 6.07) is 0. The first-order chi connectivity index (χ1) is 6.74. The van der Waals surface area contributed by atoms with Crippen LogP contribution in [0, 0.1) is 5.92 Å². The minimum absolute atomic E-state index is 0.148. The lowest BCUT2D eigenvalue weighted by molar-refractivity contribution is -0.0343. The topological polar surface area (TPSA) is 58.0 Å². The van der Waals surface area contributed by atoms with Gasteiger partial charge in [0, 0.05) is 4.91 Å². The molecule has 0 N–H and O–H groups in total. The Morgan fingerprint density at radius 2 is 2.29 bits per heavy atom. The van der Waals surface area contributed by atoms with Gasteiger partial charge in [-0.1, -0.05) is 12.0 Å². The van der Waals surface area contributed by atoms with Gasteiger partial charge in [-0.25, -0.2) is 0 Å². The van der Waals surface area contributed by atoms with Crippen LogP contribution in [0.2, 0.25) is 0 Å². The van der Waals surface area contributed by atoms with Crippen LogP contribution in [0.5, 0.6) is 0 Å². The Balaban J connectivity index is 1.90. The van der Waals surface area contributed by atoms with E-state index in [1.54, 1.807) is 0 Å². The van der Waals surface area contributed by atoms with Crippen LogP contribution in [0.3, 0.4) is 0 Å². The second-order valence-electron chi connectivity index (χ2n) is 4.72. The Bertz CT molecular complexity index is 262. The molecule has 1 spiro atoms. The fourth-order valence-electron chi connectivity index (χ4n) is 2.83. The number of rotatable bonds is 2. The smallest absolute Gasteiger partial charge is 0.0689 e. The molecule has 4 nitrogen and oxygen atoms in total. The molecule has 2 aliphatic rings. The van der Waals surface area contributed by atoms with Gasteiger partial charge < -0.3 is 4.74 Å². The molecule has 0 aromatic rings. The van der Waals surface area contributed by atoms with Crippen molar-refractivity contribution >= 4 is 0 Å². The molecule has 1 saturated heterocycles. The molecule has 0 aromatic heterocycles. The highest BCUT2D eigenvalue weighted by molar-refractivity contribution is 4.95. The number of nitrogens with zero attached hydrogens (tertiary/aromatic N) is 3. The van der Waals surface area contributed by atoms with Crippen LogP contribution in [0.4, 0.5) is 0 Å². The van der Waals surface area contributed by atoms with E-state index in [0.29, 0.717) is 6.54 Å². The highest BCUT2D eigenvalue weighted by Crippen LogP contribution is 2.45. The van der Waals surface area contributed by atoms with E-state index >= 15 is 0 Å². The average molecular weight is 195 g/mol. The highest BCUT2D eigenvalue weighted by Gasteiger charge is 2.44. The lowest BCUT2D eigenvalue weighted by Gasteiger charge is -2.23. The molecule has 1 aliphatic heterocycles. The molecule has 2 fully saturated rings. The standard InChI is InChI=1S/C10H17N3O/c1-8-2-4-10(6-8)5-3-9(14-10)7-12-13-11/h8-9H,2-7H2,1H3/t8-,9-,10+/m1/s1. The van der Waals surface area contributed by atoms with E-state index in [1.807, 2.05) is 0 Å². The molecular formula is C10H17N3O. The van der Waals surface area contributed by atoms with E-state index in [4.69, 9.17) is 10.3 Å². The first kappa shape index (κ1) is 9.81. The van der Waals surface area contributed by atoms with Crippen molar-refractivity contribution < 1.29 is 4.74 Å². The molecule has 0 radical (unpaired) electrons. The van der Waals surface area contributed by atoms with Crippen molar-refractivity contribution in [3.63, 3.8) is 0 Å². The van der Waals surface area contributed by atoms with Gasteiger partial charge in [0.25, 0.3) is 0 Å². The normalized spacial score (nSPS) is 41.5. The van der Waals surface area contributed by atoms with E-state index in [2.05, 4.69) is 16.9 Å². The Hall–Kier alpha value is -0.730. The van der Waals surface area contributed by atoms with Gasteiger partial charge in [0.2, 0.25) is 0 Å². The highest BCUT2D eigenvalue weighted by atomic mass is 16.5. The lowest BCUT2D eigenvalue weighted by Crippen LogP contribution is -2.26. The fraction of sp³-hybridized carbons (Fsp3) is 1.00. The molecule has 1 heterocycles. The maximum Gasteiger partial charge on any atom is 0.0689 e. The Morgan fingerprint density at radius 3 is 2.93 bits per heavy atom. The summed E-state index contributed by atoms with van der Waals surface area (Å²) in [4.78, 5) is 2.77. The van der Waals surface area contributed by atoms with Gasteiger partial charge in [-0.3, -0.25) is 0 Å². The van der Waals surface area contributed by atoms with Gasteiger partial charge in [-0.05, 0) is 43.6 Å². The molecule has 2 rings (SSSR count). The van der Waals surface area contributed by atoms with Gasteiger partial charge >= 0.3 is 0 Å². The predicted molar refractivity (Wildman–Crippen MR) is 53.9 cm³/mol. The summed E-state index contributed by atoms with van der Waals surface area (Å²) in [6.07, 6.45) is 6.07. The second kappa shape index (κ2) is 3.79. The first-order valence-corrected chi connectivity index (χ1v) is 5.43. The van der Waals surface area contributed by atoms with Gasteiger partial charge in [0.15, 0.2) is 0 Å². The summed E-state index contributed by atoms with van der Waals surface area (Å²) < 4.78 is 6.02. The average Bonchev–Trinajstić information content (AvgIpc) is 2.72. The molecule has 3 atom stereocenters. The van der Waals surface area contributed by atoms with Crippen LogP contribution in [-0.4, -0.2) is 18.2 Å². The van der Waals surface area contributed by atoms with E-state index in [9.17, 15) is 0 Å². The van der Waals surface area contributed by atoms with E-state index in [1.165, 1.54) is 19.3 Å². The Kier molecular flexibility index (Phi) is 2.66. The molecule has 0 amide bonds. The van der Waals surface area contributed by atoms with Crippen LogP contribution in [0.25, 0.3) is 10.4 Å². The third-order valence-electron chi connectivity index (χ3n) is 3.50. The third kappa shape index (κ3) is 1.86. The zero-order valence-corrected chi connectivity index (χ0v) is 8.65. The van der Waals surface area contributed by atoms with E-state index < -0.39 is 0 Å². The molecular weight excluding hydrogens is 178 g/mol. The predicted octanol–water partition coefficient (Wildman–Crippen LogP) is 3.03. The molecule has 0 aromatic carbocycles. The van der Waals surface area contributed by atoms with Gasteiger partial charge in [0.1, 0.15) is 0 Å². The van der Waals surface area contributed by atoms with Crippen molar-refractivity contribution in [3.05, 3.63) is 10.4 Å². The van der Waals surface area contributed by atoms with Gasteiger partial charge in [0.05, 0.1) is 18.2 Å². The number of hydrogen-bond acceptors (Lipinski definition) is 2. The number of azide groups is 1. The van der Waals surface area contributed by atoms with Crippen molar-refractivity contribution in [1.29, 1.82) is 0 Å². The van der Waals surface area contributed by atoms with Crippen molar-refractivity contribution in [1.82, 2.24) is 0 Å². The molecule has 4 heteroatoms. The monoisotopic (exact) mass is 195 g/mol.